The van der Waals surface area contributed by atoms with Crippen LogP contribution >= 0.6 is 0 Å². The number of methoxy groups -OCH3 is 1. The van der Waals surface area contributed by atoms with Crippen molar-refractivity contribution in [1.82, 2.24) is 10.3 Å². The highest BCUT2D eigenvalue weighted by Crippen LogP contribution is 2.25. The van der Waals surface area contributed by atoms with E-state index in [-0.39, 0.29) is 11.5 Å². The number of nitrogens with one attached hydrogen (secondary N) is 2. The zero-order valence-electron chi connectivity index (χ0n) is 15.7. The number of rotatable bonds is 7. The van der Waals surface area contributed by atoms with Gasteiger partial charge in [-0.2, -0.15) is 0 Å². The molecular weight excluding hydrogens is 340 g/mol. The third kappa shape index (κ3) is 4.56. The Labute approximate surface area is 158 Å². The lowest BCUT2D eigenvalue weighted by atomic mass is 10.1. The minimum Gasteiger partial charge on any atom is -0.495 e. The van der Waals surface area contributed by atoms with Gasteiger partial charge in [-0.1, -0.05) is 36.4 Å². The van der Waals surface area contributed by atoms with Crippen molar-refractivity contribution in [3.63, 3.8) is 0 Å². The quantitative estimate of drug-likeness (QED) is 0.677. The van der Waals surface area contributed by atoms with E-state index >= 15 is 0 Å². The van der Waals surface area contributed by atoms with Crippen LogP contribution in [0.5, 0.6) is 5.75 Å². The fourth-order valence-corrected chi connectivity index (χ4v) is 3.14. The molecule has 3 rings (SSSR count). The van der Waals surface area contributed by atoms with Gasteiger partial charge in [0.05, 0.1) is 12.6 Å². The number of fused-ring (bicyclic) bond motifs is 1. The molecule has 0 fully saturated rings. The number of ether oxygens (including phenoxy) is 1. The van der Waals surface area contributed by atoms with E-state index in [1.54, 1.807) is 7.11 Å². The summed E-state index contributed by atoms with van der Waals surface area (Å²) in [5.74, 6) is 0.641. The van der Waals surface area contributed by atoms with Crippen LogP contribution in [0.3, 0.4) is 0 Å². The molecule has 0 aliphatic heterocycles. The Kier molecular flexibility index (Phi) is 5.91. The van der Waals surface area contributed by atoms with Gasteiger partial charge in [0.25, 0.3) is 5.56 Å². The van der Waals surface area contributed by atoms with Crippen molar-refractivity contribution < 1.29 is 9.53 Å². The Balaban J connectivity index is 1.61. The van der Waals surface area contributed by atoms with Crippen LogP contribution in [0, 0.1) is 6.92 Å². The minimum absolute atomic E-state index is 0.00563. The number of aryl methyl sites for hydroxylation is 2. The van der Waals surface area contributed by atoms with Crippen LogP contribution in [-0.2, 0) is 17.6 Å². The van der Waals surface area contributed by atoms with Crippen molar-refractivity contribution in [3.05, 3.63) is 75.6 Å². The SMILES string of the molecule is COc1ccc(C)c2cc(CCNC(=O)CCc3ccccc3)c(=O)[nH]c12. The third-order valence-electron chi connectivity index (χ3n) is 4.69. The van der Waals surface area contributed by atoms with Crippen molar-refractivity contribution in [3.8, 4) is 5.75 Å². The molecule has 0 atom stereocenters. The van der Waals surface area contributed by atoms with Crippen LogP contribution in [0.1, 0.15) is 23.1 Å². The van der Waals surface area contributed by atoms with Crippen LogP contribution in [0.2, 0.25) is 0 Å². The number of hydrogen-bond acceptors (Lipinski definition) is 3. The number of benzene rings is 2. The molecule has 2 N–H and O–H groups in total. The second-order valence-corrected chi connectivity index (χ2v) is 6.58. The molecule has 5 heteroatoms. The summed E-state index contributed by atoms with van der Waals surface area (Å²) in [6.07, 6.45) is 1.63. The van der Waals surface area contributed by atoms with E-state index in [9.17, 15) is 9.59 Å². The summed E-state index contributed by atoms with van der Waals surface area (Å²) in [6.45, 7) is 2.43. The summed E-state index contributed by atoms with van der Waals surface area (Å²) in [5, 5.41) is 3.86. The largest absolute Gasteiger partial charge is 0.495 e. The van der Waals surface area contributed by atoms with Gasteiger partial charge >= 0.3 is 0 Å². The Bertz CT molecular complexity index is 994. The average Bonchev–Trinajstić information content (AvgIpc) is 2.68. The highest BCUT2D eigenvalue weighted by Gasteiger charge is 2.10. The number of pyridine rings is 1. The van der Waals surface area contributed by atoms with Gasteiger partial charge in [0.2, 0.25) is 5.91 Å². The summed E-state index contributed by atoms with van der Waals surface area (Å²) >= 11 is 0. The second-order valence-electron chi connectivity index (χ2n) is 6.58. The molecule has 1 amide bonds. The van der Waals surface area contributed by atoms with Gasteiger partial charge in [-0.25, -0.2) is 0 Å². The number of hydrogen-bond donors (Lipinski definition) is 2. The van der Waals surface area contributed by atoms with Gasteiger partial charge in [0.1, 0.15) is 5.75 Å². The summed E-state index contributed by atoms with van der Waals surface area (Å²) in [6, 6.07) is 15.6. The molecule has 1 aromatic heterocycles. The lowest BCUT2D eigenvalue weighted by Gasteiger charge is -2.10. The van der Waals surface area contributed by atoms with Gasteiger partial charge in [-0.15, -0.1) is 0 Å². The molecule has 0 aliphatic carbocycles. The first-order valence-corrected chi connectivity index (χ1v) is 9.08. The van der Waals surface area contributed by atoms with Gasteiger partial charge < -0.3 is 15.0 Å². The van der Waals surface area contributed by atoms with E-state index in [4.69, 9.17) is 4.74 Å². The Morgan fingerprint density at radius 3 is 2.63 bits per heavy atom. The molecule has 0 spiro atoms. The lowest BCUT2D eigenvalue weighted by molar-refractivity contribution is -0.121. The maximum absolute atomic E-state index is 12.4. The van der Waals surface area contributed by atoms with Crippen molar-refractivity contribution >= 4 is 16.8 Å². The predicted octanol–water partition coefficient (Wildman–Crippen LogP) is 3.14. The molecule has 1 heterocycles. The Hall–Kier alpha value is -3.08. The third-order valence-corrected chi connectivity index (χ3v) is 4.69. The summed E-state index contributed by atoms with van der Waals surface area (Å²) in [4.78, 5) is 27.3. The fraction of sp³-hybridized carbons (Fsp3) is 0.273. The zero-order valence-corrected chi connectivity index (χ0v) is 15.7. The summed E-state index contributed by atoms with van der Waals surface area (Å²) in [7, 11) is 1.58. The van der Waals surface area contributed by atoms with E-state index in [0.717, 1.165) is 16.5 Å². The van der Waals surface area contributed by atoms with Crippen LogP contribution in [0.4, 0.5) is 0 Å². The van der Waals surface area contributed by atoms with E-state index in [2.05, 4.69) is 10.3 Å². The molecule has 140 valence electrons. The van der Waals surface area contributed by atoms with Crippen molar-refractivity contribution in [2.24, 2.45) is 0 Å². The fourth-order valence-electron chi connectivity index (χ4n) is 3.14. The van der Waals surface area contributed by atoms with Crippen molar-refractivity contribution in [1.29, 1.82) is 0 Å². The Morgan fingerprint density at radius 1 is 1.11 bits per heavy atom. The summed E-state index contributed by atoms with van der Waals surface area (Å²) in [5.41, 5.74) is 3.42. The number of H-pyrrole nitrogens is 1. The number of amides is 1. The molecule has 0 bridgehead atoms. The van der Waals surface area contributed by atoms with Crippen molar-refractivity contribution in [2.45, 2.75) is 26.2 Å². The number of carbonyl (C=O) groups excluding carboxylic acids is 1. The monoisotopic (exact) mass is 364 g/mol. The molecule has 5 nitrogen and oxygen atoms in total. The highest BCUT2D eigenvalue weighted by atomic mass is 16.5. The minimum atomic E-state index is -0.148. The molecule has 0 aliphatic rings. The predicted molar refractivity (Wildman–Crippen MR) is 107 cm³/mol. The van der Waals surface area contributed by atoms with E-state index in [1.165, 1.54) is 0 Å². The second kappa shape index (κ2) is 8.54. The van der Waals surface area contributed by atoms with Crippen molar-refractivity contribution in [2.75, 3.05) is 13.7 Å². The topological polar surface area (TPSA) is 71.2 Å². The maximum Gasteiger partial charge on any atom is 0.251 e. The average molecular weight is 364 g/mol. The van der Waals surface area contributed by atoms with E-state index in [1.807, 2.05) is 55.5 Å². The first-order valence-electron chi connectivity index (χ1n) is 9.08. The van der Waals surface area contributed by atoms with Crippen LogP contribution < -0.4 is 15.6 Å². The smallest absolute Gasteiger partial charge is 0.251 e. The normalized spacial score (nSPS) is 10.7. The van der Waals surface area contributed by atoms with E-state index in [0.29, 0.717) is 42.6 Å². The highest BCUT2D eigenvalue weighted by molar-refractivity contribution is 5.87. The standard InChI is InChI=1S/C22H24N2O3/c1-15-8-10-19(27-2)21-18(15)14-17(22(26)24-21)12-13-23-20(25)11-9-16-6-4-3-5-7-16/h3-8,10,14H,9,11-13H2,1-2H3,(H,23,25)(H,24,26). The number of aromatic nitrogens is 1. The Morgan fingerprint density at radius 2 is 1.89 bits per heavy atom. The molecule has 3 aromatic rings. The number of carbonyl (C=O) groups is 1. The van der Waals surface area contributed by atoms with Crippen LogP contribution in [0.25, 0.3) is 10.9 Å². The first-order chi connectivity index (χ1) is 13.1. The molecule has 2 aromatic carbocycles. The summed E-state index contributed by atoms with van der Waals surface area (Å²) < 4.78 is 5.33. The van der Waals surface area contributed by atoms with E-state index < -0.39 is 0 Å². The van der Waals surface area contributed by atoms with Gasteiger partial charge in [0, 0.05) is 23.9 Å². The molecular formula is C22H24N2O3. The van der Waals surface area contributed by atoms with Gasteiger partial charge in [-0.3, -0.25) is 9.59 Å². The molecule has 27 heavy (non-hydrogen) atoms. The number of aromatic amines is 1. The molecule has 0 saturated heterocycles. The lowest BCUT2D eigenvalue weighted by Crippen LogP contribution is -2.27. The molecule has 0 unspecified atom stereocenters. The van der Waals surface area contributed by atoms with Gasteiger partial charge in [0.15, 0.2) is 0 Å². The zero-order chi connectivity index (χ0) is 19.2. The molecule has 0 saturated carbocycles. The van der Waals surface area contributed by atoms with Gasteiger partial charge in [-0.05, 0) is 43.0 Å². The first kappa shape index (κ1) is 18.7. The maximum atomic E-state index is 12.4. The van der Waals surface area contributed by atoms with Crippen LogP contribution in [-0.4, -0.2) is 24.5 Å². The van der Waals surface area contributed by atoms with Crippen LogP contribution in [0.15, 0.2) is 53.3 Å². The molecule has 0 radical (unpaired) electrons.